The molecule has 0 spiro atoms. The Morgan fingerprint density at radius 3 is 2.33 bits per heavy atom. The van der Waals surface area contributed by atoms with E-state index < -0.39 is 0 Å². The minimum atomic E-state index is 0.349. The highest BCUT2D eigenvalue weighted by molar-refractivity contribution is 7.99. The average Bonchev–Trinajstić information content (AvgIpc) is 2.26. The molecule has 0 saturated carbocycles. The van der Waals surface area contributed by atoms with Gasteiger partial charge in [0, 0.05) is 4.90 Å². The number of phenolic OH excluding ortho intramolecular Hbond substituents is 1. The summed E-state index contributed by atoms with van der Waals surface area (Å²) < 4.78 is 0. The molecule has 84 valence electrons. The van der Waals surface area contributed by atoms with E-state index in [4.69, 9.17) is 5.11 Å². The molecule has 0 aliphatic rings. The minimum absolute atomic E-state index is 0.349. The molecule has 0 amide bonds. The predicted octanol–water partition coefficient (Wildman–Crippen LogP) is 4.45. The summed E-state index contributed by atoms with van der Waals surface area (Å²) in [6.45, 7) is 2.24. The van der Waals surface area contributed by atoms with Crippen LogP contribution < -0.4 is 0 Å². The van der Waals surface area contributed by atoms with Crippen LogP contribution in [0.15, 0.2) is 29.2 Å². The molecule has 1 aromatic carbocycles. The van der Waals surface area contributed by atoms with E-state index in [1.165, 1.54) is 42.8 Å². The van der Waals surface area contributed by atoms with Crippen molar-refractivity contribution in [3.8, 4) is 5.75 Å². The fraction of sp³-hybridized carbons (Fsp3) is 0.538. The summed E-state index contributed by atoms with van der Waals surface area (Å²) in [4.78, 5) is 1.25. The van der Waals surface area contributed by atoms with E-state index in [9.17, 15) is 0 Å². The molecule has 0 aliphatic heterocycles. The molecule has 1 nitrogen and oxygen atoms in total. The maximum Gasteiger partial charge on any atom is 0.115 e. The molecular formula is C13H20OS. The third-order valence-electron chi connectivity index (χ3n) is 2.35. The minimum Gasteiger partial charge on any atom is -0.508 e. The highest BCUT2D eigenvalue weighted by atomic mass is 32.2. The van der Waals surface area contributed by atoms with E-state index >= 15 is 0 Å². The zero-order valence-corrected chi connectivity index (χ0v) is 10.2. The van der Waals surface area contributed by atoms with Gasteiger partial charge in [-0.15, -0.1) is 11.8 Å². The topological polar surface area (TPSA) is 20.2 Å². The quantitative estimate of drug-likeness (QED) is 0.545. The van der Waals surface area contributed by atoms with Crippen molar-refractivity contribution in [3.63, 3.8) is 0 Å². The first-order valence-electron chi connectivity index (χ1n) is 5.74. The van der Waals surface area contributed by atoms with Crippen LogP contribution >= 0.6 is 11.8 Å². The van der Waals surface area contributed by atoms with Crippen molar-refractivity contribution < 1.29 is 5.11 Å². The van der Waals surface area contributed by atoms with Crippen molar-refractivity contribution in [3.05, 3.63) is 24.3 Å². The Hall–Kier alpha value is -0.630. The second-order valence-electron chi connectivity index (χ2n) is 3.76. The second-order valence-corrected chi connectivity index (χ2v) is 4.92. The molecule has 15 heavy (non-hydrogen) atoms. The summed E-state index contributed by atoms with van der Waals surface area (Å²) in [7, 11) is 0. The van der Waals surface area contributed by atoms with E-state index in [-0.39, 0.29) is 0 Å². The average molecular weight is 224 g/mol. The van der Waals surface area contributed by atoms with Gasteiger partial charge in [-0.25, -0.2) is 0 Å². The van der Waals surface area contributed by atoms with Crippen LogP contribution in [-0.4, -0.2) is 10.9 Å². The number of rotatable bonds is 7. The molecule has 0 atom stereocenters. The molecule has 0 saturated heterocycles. The number of thioether (sulfide) groups is 1. The summed E-state index contributed by atoms with van der Waals surface area (Å²) in [5, 5.41) is 9.12. The smallest absolute Gasteiger partial charge is 0.115 e. The van der Waals surface area contributed by atoms with Crippen LogP contribution in [0.3, 0.4) is 0 Å². The van der Waals surface area contributed by atoms with Crippen LogP contribution in [-0.2, 0) is 0 Å². The molecule has 2 heteroatoms. The van der Waals surface area contributed by atoms with Gasteiger partial charge in [0.1, 0.15) is 5.75 Å². The maximum absolute atomic E-state index is 9.12. The van der Waals surface area contributed by atoms with Gasteiger partial charge in [0.2, 0.25) is 0 Å². The van der Waals surface area contributed by atoms with E-state index in [1.54, 1.807) is 12.1 Å². The molecule has 1 rings (SSSR count). The van der Waals surface area contributed by atoms with Crippen LogP contribution in [0.5, 0.6) is 5.75 Å². The van der Waals surface area contributed by atoms with Gasteiger partial charge in [-0.1, -0.05) is 32.6 Å². The van der Waals surface area contributed by atoms with Crippen LogP contribution in [0.1, 0.15) is 39.0 Å². The van der Waals surface area contributed by atoms with Gasteiger partial charge in [0.05, 0.1) is 0 Å². The van der Waals surface area contributed by atoms with Crippen molar-refractivity contribution in [1.82, 2.24) is 0 Å². The van der Waals surface area contributed by atoms with Gasteiger partial charge in [0.25, 0.3) is 0 Å². The predicted molar refractivity (Wildman–Crippen MR) is 67.6 cm³/mol. The van der Waals surface area contributed by atoms with Crippen molar-refractivity contribution in [1.29, 1.82) is 0 Å². The summed E-state index contributed by atoms with van der Waals surface area (Å²) in [6.07, 6.45) is 6.69. The number of benzene rings is 1. The lowest BCUT2D eigenvalue weighted by Gasteiger charge is -2.01. The summed E-state index contributed by atoms with van der Waals surface area (Å²) >= 11 is 1.88. The van der Waals surface area contributed by atoms with Gasteiger partial charge in [0.15, 0.2) is 0 Å². The molecule has 0 fully saturated rings. The molecule has 0 aromatic heterocycles. The molecule has 0 aliphatic carbocycles. The summed E-state index contributed by atoms with van der Waals surface area (Å²) in [5.74, 6) is 1.54. The molecule has 0 heterocycles. The van der Waals surface area contributed by atoms with Crippen molar-refractivity contribution in [2.45, 2.75) is 43.9 Å². The Morgan fingerprint density at radius 1 is 1.00 bits per heavy atom. The van der Waals surface area contributed by atoms with Gasteiger partial charge in [-0.05, 0) is 36.4 Å². The molecule has 1 aromatic rings. The Morgan fingerprint density at radius 2 is 1.67 bits per heavy atom. The van der Waals surface area contributed by atoms with E-state index in [0.29, 0.717) is 5.75 Å². The van der Waals surface area contributed by atoms with E-state index in [2.05, 4.69) is 6.92 Å². The van der Waals surface area contributed by atoms with Crippen LogP contribution in [0.2, 0.25) is 0 Å². The lowest BCUT2D eigenvalue weighted by atomic mass is 10.2. The Balaban J connectivity index is 2.07. The molecule has 0 radical (unpaired) electrons. The van der Waals surface area contributed by atoms with Gasteiger partial charge in [-0.3, -0.25) is 0 Å². The normalized spacial score (nSPS) is 10.5. The summed E-state index contributed by atoms with van der Waals surface area (Å²) in [6, 6.07) is 7.46. The van der Waals surface area contributed by atoms with E-state index in [1.807, 2.05) is 23.9 Å². The zero-order chi connectivity index (χ0) is 10.9. The Labute approximate surface area is 96.9 Å². The zero-order valence-electron chi connectivity index (χ0n) is 9.41. The maximum atomic E-state index is 9.12. The Kier molecular flexibility index (Phi) is 6.33. The van der Waals surface area contributed by atoms with Crippen molar-refractivity contribution in [2.75, 3.05) is 5.75 Å². The fourth-order valence-electron chi connectivity index (χ4n) is 1.44. The number of hydrogen-bond acceptors (Lipinski definition) is 2. The molecular weight excluding hydrogens is 204 g/mol. The lowest BCUT2D eigenvalue weighted by Crippen LogP contribution is -1.81. The van der Waals surface area contributed by atoms with Gasteiger partial charge in [-0.2, -0.15) is 0 Å². The van der Waals surface area contributed by atoms with Gasteiger partial charge >= 0.3 is 0 Å². The number of unbranched alkanes of at least 4 members (excludes halogenated alkanes) is 4. The number of aromatic hydroxyl groups is 1. The molecule has 0 unspecified atom stereocenters. The number of phenols is 1. The largest absolute Gasteiger partial charge is 0.508 e. The lowest BCUT2D eigenvalue weighted by molar-refractivity contribution is 0.475. The molecule has 0 bridgehead atoms. The highest BCUT2D eigenvalue weighted by Gasteiger charge is 1.94. The standard InChI is InChI=1S/C13H20OS/c1-2-3-4-5-6-11-15-13-9-7-12(14)8-10-13/h7-10,14H,2-6,11H2,1H3. The number of hydrogen-bond donors (Lipinski definition) is 1. The second kappa shape index (κ2) is 7.63. The van der Waals surface area contributed by atoms with Crippen LogP contribution in [0, 0.1) is 0 Å². The SMILES string of the molecule is CCCCCCCSc1ccc(O)cc1. The Bertz CT molecular complexity index is 256. The summed E-state index contributed by atoms with van der Waals surface area (Å²) in [5.41, 5.74) is 0. The first kappa shape index (κ1) is 12.4. The van der Waals surface area contributed by atoms with Crippen molar-refractivity contribution >= 4 is 11.8 Å². The van der Waals surface area contributed by atoms with Crippen molar-refractivity contribution in [2.24, 2.45) is 0 Å². The third-order valence-corrected chi connectivity index (χ3v) is 3.45. The fourth-order valence-corrected chi connectivity index (χ4v) is 2.35. The first-order chi connectivity index (χ1) is 7.33. The molecule has 1 N–H and O–H groups in total. The monoisotopic (exact) mass is 224 g/mol. The highest BCUT2D eigenvalue weighted by Crippen LogP contribution is 2.22. The van der Waals surface area contributed by atoms with E-state index in [0.717, 1.165) is 0 Å². The van der Waals surface area contributed by atoms with Crippen LogP contribution in [0.4, 0.5) is 0 Å². The van der Waals surface area contributed by atoms with Gasteiger partial charge < -0.3 is 5.11 Å². The third kappa shape index (κ3) is 5.73. The van der Waals surface area contributed by atoms with Crippen LogP contribution in [0.25, 0.3) is 0 Å². The first-order valence-corrected chi connectivity index (χ1v) is 6.73.